The molecule has 148 valence electrons. The van der Waals surface area contributed by atoms with Crippen molar-refractivity contribution in [3.05, 3.63) is 82.7 Å². The Kier molecular flexibility index (Phi) is 6.59. The molecule has 0 spiro atoms. The normalized spacial score (nSPS) is 10.1. The SMILES string of the molecule is CCc1ccc(C(=O)NNC(=O)c2ccc(NC(=O)Nc3ccccc3)s2)cc1. The highest BCUT2D eigenvalue weighted by molar-refractivity contribution is 7.18. The summed E-state index contributed by atoms with van der Waals surface area (Å²) in [5, 5.41) is 5.87. The Morgan fingerprint density at radius 1 is 0.793 bits per heavy atom. The lowest BCUT2D eigenvalue weighted by Gasteiger charge is -2.07. The van der Waals surface area contributed by atoms with E-state index in [2.05, 4.69) is 21.5 Å². The van der Waals surface area contributed by atoms with E-state index in [0.717, 1.165) is 23.3 Å². The van der Waals surface area contributed by atoms with Crippen LogP contribution >= 0.6 is 11.3 Å². The number of urea groups is 1. The fraction of sp³-hybridized carbons (Fsp3) is 0.0952. The fourth-order valence-corrected chi connectivity index (χ4v) is 3.26. The molecule has 0 saturated heterocycles. The van der Waals surface area contributed by atoms with Gasteiger partial charge >= 0.3 is 6.03 Å². The number of amides is 4. The smallest absolute Gasteiger partial charge is 0.308 e. The van der Waals surface area contributed by atoms with E-state index in [9.17, 15) is 14.4 Å². The van der Waals surface area contributed by atoms with Gasteiger partial charge in [-0.2, -0.15) is 0 Å². The number of carbonyl (C=O) groups excluding carboxylic acids is 3. The maximum absolute atomic E-state index is 12.2. The Labute approximate surface area is 172 Å². The Balaban J connectivity index is 1.50. The number of hydrazine groups is 1. The molecule has 0 saturated carbocycles. The number of carbonyl (C=O) groups is 3. The maximum atomic E-state index is 12.2. The zero-order valence-corrected chi connectivity index (χ0v) is 16.5. The number of benzene rings is 2. The van der Waals surface area contributed by atoms with Gasteiger partial charge in [0, 0.05) is 11.3 Å². The number of para-hydroxylation sites is 1. The Morgan fingerprint density at radius 2 is 1.48 bits per heavy atom. The van der Waals surface area contributed by atoms with Crippen LogP contribution in [0.1, 0.15) is 32.5 Å². The summed E-state index contributed by atoms with van der Waals surface area (Å²) >= 11 is 1.10. The second-order valence-electron chi connectivity index (χ2n) is 6.07. The molecule has 0 aliphatic carbocycles. The molecule has 4 amide bonds. The summed E-state index contributed by atoms with van der Waals surface area (Å²) < 4.78 is 0. The van der Waals surface area contributed by atoms with E-state index in [1.807, 2.05) is 37.3 Å². The van der Waals surface area contributed by atoms with Crippen molar-refractivity contribution in [3.63, 3.8) is 0 Å². The summed E-state index contributed by atoms with van der Waals surface area (Å²) in [5.74, 6) is -0.872. The molecule has 4 N–H and O–H groups in total. The van der Waals surface area contributed by atoms with Crippen LogP contribution in [0.25, 0.3) is 0 Å². The van der Waals surface area contributed by atoms with Crippen LogP contribution in [-0.4, -0.2) is 17.8 Å². The lowest BCUT2D eigenvalue weighted by atomic mass is 10.1. The van der Waals surface area contributed by atoms with Gasteiger partial charge in [-0.25, -0.2) is 4.79 Å². The molecule has 1 heterocycles. The van der Waals surface area contributed by atoms with Gasteiger partial charge in [-0.15, -0.1) is 11.3 Å². The van der Waals surface area contributed by atoms with E-state index < -0.39 is 17.8 Å². The molecule has 1 aromatic heterocycles. The molecule has 3 aromatic rings. The third kappa shape index (κ3) is 5.66. The minimum absolute atomic E-state index is 0.349. The molecule has 8 heteroatoms. The van der Waals surface area contributed by atoms with Crippen LogP contribution in [0.3, 0.4) is 0 Å². The van der Waals surface area contributed by atoms with E-state index in [1.54, 1.807) is 36.4 Å². The number of anilines is 2. The number of hydrogen-bond donors (Lipinski definition) is 4. The summed E-state index contributed by atoms with van der Waals surface area (Å²) in [4.78, 5) is 36.7. The van der Waals surface area contributed by atoms with Crippen LogP contribution in [0.5, 0.6) is 0 Å². The maximum Gasteiger partial charge on any atom is 0.324 e. The number of thiophene rings is 1. The van der Waals surface area contributed by atoms with Gasteiger partial charge in [0.15, 0.2) is 0 Å². The molecule has 2 aromatic carbocycles. The highest BCUT2D eigenvalue weighted by atomic mass is 32.1. The number of hydrogen-bond acceptors (Lipinski definition) is 4. The molecule has 0 aliphatic heterocycles. The van der Waals surface area contributed by atoms with Crippen LogP contribution in [0, 0.1) is 0 Å². The zero-order valence-electron chi connectivity index (χ0n) is 15.7. The van der Waals surface area contributed by atoms with Gasteiger partial charge < -0.3 is 5.32 Å². The van der Waals surface area contributed by atoms with E-state index >= 15 is 0 Å². The minimum Gasteiger partial charge on any atom is -0.308 e. The molecule has 3 rings (SSSR count). The number of rotatable bonds is 5. The van der Waals surface area contributed by atoms with Crippen molar-refractivity contribution < 1.29 is 14.4 Å². The predicted molar refractivity (Wildman–Crippen MR) is 114 cm³/mol. The molecule has 7 nitrogen and oxygen atoms in total. The molecule has 0 fully saturated rings. The summed E-state index contributed by atoms with van der Waals surface area (Å²) in [6.45, 7) is 2.03. The van der Waals surface area contributed by atoms with Gasteiger partial charge in [0.1, 0.15) is 0 Å². The van der Waals surface area contributed by atoms with Gasteiger partial charge in [0.2, 0.25) is 0 Å². The Bertz CT molecular complexity index is 1000. The Morgan fingerprint density at radius 3 is 2.17 bits per heavy atom. The summed E-state index contributed by atoms with van der Waals surface area (Å²) in [5.41, 5.74) is 7.00. The lowest BCUT2D eigenvalue weighted by molar-refractivity contribution is 0.0849. The first-order valence-electron chi connectivity index (χ1n) is 8.97. The molecule has 0 bridgehead atoms. The highest BCUT2D eigenvalue weighted by Crippen LogP contribution is 2.22. The third-order valence-electron chi connectivity index (χ3n) is 4.01. The number of aryl methyl sites for hydroxylation is 1. The summed E-state index contributed by atoms with van der Waals surface area (Å²) in [6, 6.07) is 19.0. The van der Waals surface area contributed by atoms with E-state index in [0.29, 0.717) is 21.1 Å². The van der Waals surface area contributed by atoms with Crippen LogP contribution in [0.4, 0.5) is 15.5 Å². The first-order chi connectivity index (χ1) is 14.0. The standard InChI is InChI=1S/C21H20N4O3S/c1-2-14-8-10-15(11-9-14)19(26)24-25-20(27)17-12-13-18(29-17)23-21(28)22-16-6-4-3-5-7-16/h3-13H,2H2,1H3,(H,24,26)(H,25,27)(H2,22,23,28). The fourth-order valence-electron chi connectivity index (χ4n) is 2.46. The third-order valence-corrected chi connectivity index (χ3v) is 5.01. The van der Waals surface area contributed by atoms with Crippen LogP contribution in [0.15, 0.2) is 66.7 Å². The van der Waals surface area contributed by atoms with E-state index in [4.69, 9.17) is 0 Å². The summed E-state index contributed by atoms with van der Waals surface area (Å²) in [6.07, 6.45) is 0.886. The van der Waals surface area contributed by atoms with Crippen LogP contribution < -0.4 is 21.5 Å². The predicted octanol–water partition coefficient (Wildman–Crippen LogP) is 4.03. The molecule has 0 aliphatic rings. The zero-order chi connectivity index (χ0) is 20.6. The van der Waals surface area contributed by atoms with Gasteiger partial charge in [-0.05, 0) is 48.4 Å². The number of nitrogens with one attached hydrogen (secondary N) is 4. The highest BCUT2D eigenvalue weighted by Gasteiger charge is 2.13. The second kappa shape index (κ2) is 9.52. The van der Waals surface area contributed by atoms with Crippen LogP contribution in [0.2, 0.25) is 0 Å². The average Bonchev–Trinajstić information content (AvgIpc) is 3.21. The first kappa shape index (κ1) is 20.1. The van der Waals surface area contributed by atoms with Gasteiger partial charge in [-0.3, -0.25) is 25.8 Å². The van der Waals surface area contributed by atoms with Crippen molar-refractivity contribution in [2.24, 2.45) is 0 Å². The van der Waals surface area contributed by atoms with Crippen molar-refractivity contribution in [1.29, 1.82) is 0 Å². The van der Waals surface area contributed by atoms with Gasteiger partial charge in [0.25, 0.3) is 11.8 Å². The van der Waals surface area contributed by atoms with E-state index in [-0.39, 0.29) is 0 Å². The van der Waals surface area contributed by atoms with Crippen molar-refractivity contribution in [1.82, 2.24) is 10.9 Å². The molecular weight excluding hydrogens is 388 g/mol. The van der Waals surface area contributed by atoms with Crippen molar-refractivity contribution in [2.75, 3.05) is 10.6 Å². The van der Waals surface area contributed by atoms with Crippen molar-refractivity contribution >= 4 is 39.9 Å². The second-order valence-corrected chi connectivity index (χ2v) is 7.15. The largest absolute Gasteiger partial charge is 0.324 e. The van der Waals surface area contributed by atoms with Crippen molar-refractivity contribution in [2.45, 2.75) is 13.3 Å². The molecule has 29 heavy (non-hydrogen) atoms. The van der Waals surface area contributed by atoms with Gasteiger partial charge in [-0.1, -0.05) is 37.3 Å². The van der Waals surface area contributed by atoms with E-state index in [1.165, 1.54) is 0 Å². The molecule has 0 radical (unpaired) electrons. The summed E-state index contributed by atoms with van der Waals surface area (Å²) in [7, 11) is 0. The topological polar surface area (TPSA) is 99.3 Å². The molecular formula is C21H20N4O3S. The first-order valence-corrected chi connectivity index (χ1v) is 9.79. The van der Waals surface area contributed by atoms with Crippen LogP contribution in [-0.2, 0) is 6.42 Å². The quantitative estimate of drug-likeness (QED) is 0.480. The minimum atomic E-state index is -0.468. The molecule has 0 unspecified atom stereocenters. The molecule has 0 atom stereocenters. The Hall–Kier alpha value is -3.65. The lowest BCUT2D eigenvalue weighted by Crippen LogP contribution is -2.41. The average molecular weight is 408 g/mol. The van der Waals surface area contributed by atoms with Crippen molar-refractivity contribution in [3.8, 4) is 0 Å². The van der Waals surface area contributed by atoms with Gasteiger partial charge in [0.05, 0.1) is 9.88 Å². The monoisotopic (exact) mass is 408 g/mol.